The summed E-state index contributed by atoms with van der Waals surface area (Å²) >= 11 is 0. The number of anilines is 1. The van der Waals surface area contributed by atoms with Gasteiger partial charge in [0.25, 0.3) is 5.91 Å². The third kappa shape index (κ3) is 1.83. The smallest absolute Gasteiger partial charge is 0.258 e. The van der Waals surface area contributed by atoms with Crippen LogP contribution in [0.25, 0.3) is 11.0 Å². The Morgan fingerprint density at radius 2 is 2.14 bits per heavy atom. The van der Waals surface area contributed by atoms with Gasteiger partial charge in [-0.05, 0) is 43.2 Å². The highest BCUT2D eigenvalue weighted by atomic mass is 16.2. The number of aromatic nitrogens is 2. The van der Waals surface area contributed by atoms with Crippen LogP contribution < -0.4 is 4.90 Å². The van der Waals surface area contributed by atoms with Crippen molar-refractivity contribution in [1.82, 2.24) is 9.97 Å². The molecule has 4 heteroatoms. The summed E-state index contributed by atoms with van der Waals surface area (Å²) in [5.41, 5.74) is 4.72. The number of fused-ring (bicyclic) bond motifs is 2. The minimum Gasteiger partial charge on any atom is -0.345 e. The number of amides is 1. The number of hydrogen-bond donors (Lipinski definition) is 1. The Balaban J connectivity index is 1.77. The first-order valence-electron chi connectivity index (χ1n) is 7.08. The number of rotatable bonds is 1. The number of nitrogens with one attached hydrogen (secondary N) is 1. The predicted octanol–water partition coefficient (Wildman–Crippen LogP) is 3.15. The molecule has 0 fully saturated rings. The lowest BCUT2D eigenvalue weighted by atomic mass is 10.1. The molecule has 2 heterocycles. The first-order chi connectivity index (χ1) is 10.2. The predicted molar refractivity (Wildman–Crippen MR) is 82.5 cm³/mol. The van der Waals surface area contributed by atoms with E-state index in [0.29, 0.717) is 5.56 Å². The standard InChI is InChI=1S/C17H15N3O/c1-11-8-12-4-2-3-5-16(12)20(11)17(21)13-6-7-14-15(9-13)19-10-18-14/h2-7,9-11H,8H2,1H3,(H,18,19). The maximum absolute atomic E-state index is 12.9. The average molecular weight is 277 g/mol. The van der Waals surface area contributed by atoms with Crippen molar-refractivity contribution in [1.29, 1.82) is 0 Å². The van der Waals surface area contributed by atoms with Gasteiger partial charge in [-0.1, -0.05) is 18.2 Å². The SMILES string of the molecule is CC1Cc2ccccc2N1C(=O)c1ccc2nc[nH]c2c1. The molecule has 4 nitrogen and oxygen atoms in total. The van der Waals surface area contributed by atoms with Gasteiger partial charge in [0.1, 0.15) is 0 Å². The molecule has 21 heavy (non-hydrogen) atoms. The third-order valence-corrected chi connectivity index (χ3v) is 4.09. The van der Waals surface area contributed by atoms with Gasteiger partial charge in [-0.2, -0.15) is 0 Å². The fraction of sp³-hybridized carbons (Fsp3) is 0.176. The molecular formula is C17H15N3O. The summed E-state index contributed by atoms with van der Waals surface area (Å²) in [6, 6.07) is 13.9. The van der Waals surface area contributed by atoms with Gasteiger partial charge in [-0.25, -0.2) is 4.98 Å². The number of nitrogens with zero attached hydrogens (tertiary/aromatic N) is 2. The fourth-order valence-electron chi connectivity index (χ4n) is 3.08. The van der Waals surface area contributed by atoms with Crippen molar-refractivity contribution in [2.24, 2.45) is 0 Å². The van der Waals surface area contributed by atoms with Crippen LogP contribution in [-0.4, -0.2) is 21.9 Å². The number of imidazole rings is 1. The Hall–Kier alpha value is -2.62. The zero-order valence-electron chi connectivity index (χ0n) is 11.7. The normalized spacial score (nSPS) is 17.2. The van der Waals surface area contributed by atoms with Crippen molar-refractivity contribution < 1.29 is 4.79 Å². The van der Waals surface area contributed by atoms with Crippen LogP contribution in [-0.2, 0) is 6.42 Å². The van der Waals surface area contributed by atoms with Crippen LogP contribution in [0.15, 0.2) is 48.8 Å². The average Bonchev–Trinajstić information content (AvgIpc) is 3.08. The number of carbonyl (C=O) groups excluding carboxylic acids is 1. The summed E-state index contributed by atoms with van der Waals surface area (Å²) in [6.45, 7) is 2.09. The molecule has 0 spiro atoms. The highest BCUT2D eigenvalue weighted by Gasteiger charge is 2.31. The first-order valence-corrected chi connectivity index (χ1v) is 7.08. The number of para-hydroxylation sites is 1. The van der Waals surface area contributed by atoms with E-state index in [4.69, 9.17) is 0 Å². The van der Waals surface area contributed by atoms with Gasteiger partial charge in [0.2, 0.25) is 0 Å². The second-order valence-electron chi connectivity index (χ2n) is 5.49. The van der Waals surface area contributed by atoms with Gasteiger partial charge in [-0.3, -0.25) is 4.79 Å². The van der Waals surface area contributed by atoms with Crippen LogP contribution in [0.1, 0.15) is 22.8 Å². The van der Waals surface area contributed by atoms with Crippen LogP contribution in [0, 0.1) is 0 Å². The summed E-state index contributed by atoms with van der Waals surface area (Å²) in [4.78, 5) is 22.0. The van der Waals surface area contributed by atoms with E-state index in [1.807, 2.05) is 41.3 Å². The Morgan fingerprint density at radius 3 is 3.05 bits per heavy atom. The van der Waals surface area contributed by atoms with Crippen LogP contribution in [0.2, 0.25) is 0 Å². The Labute approximate surface area is 122 Å². The van der Waals surface area contributed by atoms with Gasteiger partial charge < -0.3 is 9.88 Å². The molecule has 4 rings (SSSR count). The van der Waals surface area contributed by atoms with E-state index in [0.717, 1.165) is 23.1 Å². The number of carbonyl (C=O) groups is 1. The van der Waals surface area contributed by atoms with Crippen molar-refractivity contribution in [3.8, 4) is 0 Å². The highest BCUT2D eigenvalue weighted by molar-refractivity contribution is 6.09. The molecule has 1 N–H and O–H groups in total. The first kappa shape index (κ1) is 12.1. The quantitative estimate of drug-likeness (QED) is 0.742. The zero-order valence-corrected chi connectivity index (χ0v) is 11.7. The Bertz CT molecular complexity index is 837. The molecule has 0 saturated carbocycles. The molecule has 1 aliphatic heterocycles. The molecule has 1 atom stereocenters. The number of benzene rings is 2. The van der Waals surface area contributed by atoms with E-state index < -0.39 is 0 Å². The van der Waals surface area contributed by atoms with Gasteiger partial charge in [0.05, 0.1) is 17.4 Å². The van der Waals surface area contributed by atoms with Crippen molar-refractivity contribution in [2.45, 2.75) is 19.4 Å². The van der Waals surface area contributed by atoms with Crippen LogP contribution in [0.4, 0.5) is 5.69 Å². The van der Waals surface area contributed by atoms with Gasteiger partial charge in [0.15, 0.2) is 0 Å². The second-order valence-corrected chi connectivity index (χ2v) is 5.49. The summed E-state index contributed by atoms with van der Waals surface area (Å²) in [5.74, 6) is 0.0453. The molecule has 3 aromatic rings. The monoisotopic (exact) mass is 277 g/mol. The van der Waals surface area contributed by atoms with E-state index in [9.17, 15) is 4.79 Å². The summed E-state index contributed by atoms with van der Waals surface area (Å²) in [5, 5.41) is 0. The minimum absolute atomic E-state index is 0.0453. The van der Waals surface area contributed by atoms with Gasteiger partial charge in [-0.15, -0.1) is 0 Å². The second kappa shape index (κ2) is 4.45. The molecule has 0 aliphatic carbocycles. The molecule has 2 aromatic carbocycles. The maximum atomic E-state index is 12.9. The fourth-order valence-corrected chi connectivity index (χ4v) is 3.08. The van der Waals surface area contributed by atoms with Crippen molar-refractivity contribution >= 4 is 22.6 Å². The van der Waals surface area contributed by atoms with E-state index in [2.05, 4.69) is 23.0 Å². The summed E-state index contributed by atoms with van der Waals surface area (Å²) in [6.07, 6.45) is 2.56. The molecule has 1 aliphatic rings. The topological polar surface area (TPSA) is 49.0 Å². The maximum Gasteiger partial charge on any atom is 0.258 e. The van der Waals surface area contributed by atoms with E-state index in [-0.39, 0.29) is 11.9 Å². The van der Waals surface area contributed by atoms with E-state index >= 15 is 0 Å². The third-order valence-electron chi connectivity index (χ3n) is 4.09. The van der Waals surface area contributed by atoms with Crippen molar-refractivity contribution in [2.75, 3.05) is 4.90 Å². The number of hydrogen-bond acceptors (Lipinski definition) is 2. The van der Waals surface area contributed by atoms with Crippen LogP contribution in [0.3, 0.4) is 0 Å². The van der Waals surface area contributed by atoms with Crippen LogP contribution >= 0.6 is 0 Å². The zero-order chi connectivity index (χ0) is 14.4. The summed E-state index contributed by atoms with van der Waals surface area (Å²) in [7, 11) is 0. The highest BCUT2D eigenvalue weighted by Crippen LogP contribution is 2.33. The molecule has 0 bridgehead atoms. The van der Waals surface area contributed by atoms with Crippen LogP contribution in [0.5, 0.6) is 0 Å². The molecule has 1 unspecified atom stereocenters. The largest absolute Gasteiger partial charge is 0.345 e. The lowest BCUT2D eigenvalue weighted by Gasteiger charge is -2.22. The molecule has 1 aromatic heterocycles. The summed E-state index contributed by atoms with van der Waals surface area (Å²) < 4.78 is 0. The molecular weight excluding hydrogens is 262 g/mol. The van der Waals surface area contributed by atoms with E-state index in [1.165, 1.54) is 5.56 Å². The Kier molecular flexibility index (Phi) is 2.57. The molecule has 104 valence electrons. The Morgan fingerprint density at radius 1 is 1.29 bits per heavy atom. The van der Waals surface area contributed by atoms with E-state index in [1.54, 1.807) is 6.33 Å². The van der Waals surface area contributed by atoms with Gasteiger partial charge in [0, 0.05) is 17.3 Å². The number of H-pyrrole nitrogens is 1. The number of aromatic amines is 1. The molecule has 0 saturated heterocycles. The van der Waals surface area contributed by atoms with Crippen molar-refractivity contribution in [3.63, 3.8) is 0 Å². The minimum atomic E-state index is 0.0453. The lowest BCUT2D eigenvalue weighted by molar-refractivity contribution is 0.0981. The molecule has 1 amide bonds. The van der Waals surface area contributed by atoms with Crippen molar-refractivity contribution in [3.05, 3.63) is 59.9 Å². The molecule has 0 radical (unpaired) electrons. The van der Waals surface area contributed by atoms with Gasteiger partial charge >= 0.3 is 0 Å². The lowest BCUT2D eigenvalue weighted by Crippen LogP contribution is -2.35.